The molecule has 0 aromatic heterocycles. The van der Waals surface area contributed by atoms with Gasteiger partial charge in [-0.25, -0.2) is 13.1 Å². The molecule has 84 valence electrons. The fourth-order valence-corrected chi connectivity index (χ4v) is 3.09. The first-order chi connectivity index (χ1) is 6.83. The van der Waals surface area contributed by atoms with E-state index in [1.807, 2.05) is 0 Å². The van der Waals surface area contributed by atoms with Gasteiger partial charge in [0.25, 0.3) is 0 Å². The van der Waals surface area contributed by atoms with Crippen LogP contribution in [0.4, 0.5) is 0 Å². The van der Waals surface area contributed by atoms with Crippen molar-refractivity contribution in [2.75, 3.05) is 0 Å². The molecule has 0 saturated carbocycles. The van der Waals surface area contributed by atoms with Gasteiger partial charge in [-0.05, 0) is 32.0 Å². The highest BCUT2D eigenvalue weighted by molar-refractivity contribution is 7.89. The fourth-order valence-electron chi connectivity index (χ4n) is 1.07. The minimum atomic E-state index is -3.55. The van der Waals surface area contributed by atoms with E-state index in [-0.39, 0.29) is 16.0 Å². The summed E-state index contributed by atoms with van der Waals surface area (Å²) in [5.74, 6) is 0. The second-order valence-electron chi connectivity index (χ2n) is 3.35. The first-order valence-electron chi connectivity index (χ1n) is 4.30. The van der Waals surface area contributed by atoms with Gasteiger partial charge in [-0.3, -0.25) is 0 Å². The second-order valence-corrected chi connectivity index (χ2v) is 5.88. The third-order valence-electron chi connectivity index (χ3n) is 1.57. The van der Waals surface area contributed by atoms with E-state index in [1.165, 1.54) is 18.2 Å². The van der Waals surface area contributed by atoms with Crippen LogP contribution >= 0.6 is 23.2 Å². The van der Waals surface area contributed by atoms with Crippen LogP contribution in [0.3, 0.4) is 0 Å². The predicted molar refractivity (Wildman–Crippen MR) is 61.9 cm³/mol. The van der Waals surface area contributed by atoms with Gasteiger partial charge in [-0.2, -0.15) is 0 Å². The van der Waals surface area contributed by atoms with Crippen LogP contribution in [-0.4, -0.2) is 14.5 Å². The van der Waals surface area contributed by atoms with Gasteiger partial charge in [0.15, 0.2) is 0 Å². The summed E-state index contributed by atoms with van der Waals surface area (Å²) in [6, 6.07) is 4.09. The van der Waals surface area contributed by atoms with Gasteiger partial charge in [0.05, 0.1) is 5.02 Å². The zero-order chi connectivity index (χ0) is 11.6. The molecule has 0 atom stereocenters. The van der Waals surface area contributed by atoms with Gasteiger partial charge in [0, 0.05) is 11.1 Å². The number of hydrogen-bond donors (Lipinski definition) is 1. The van der Waals surface area contributed by atoms with Crippen molar-refractivity contribution in [2.45, 2.75) is 24.8 Å². The van der Waals surface area contributed by atoms with Gasteiger partial charge in [0.2, 0.25) is 10.0 Å². The van der Waals surface area contributed by atoms with E-state index in [4.69, 9.17) is 23.2 Å². The van der Waals surface area contributed by atoms with Crippen LogP contribution in [0.5, 0.6) is 0 Å². The molecule has 15 heavy (non-hydrogen) atoms. The molecule has 0 saturated heterocycles. The standard InChI is InChI=1S/C9H11Cl2NO2S/c1-6(2)12-15(13,14)9-4-3-7(10)5-8(9)11/h3-6,12H,1-2H3. The maximum absolute atomic E-state index is 11.7. The molecule has 0 heterocycles. The van der Waals surface area contributed by atoms with Crippen LogP contribution in [0.25, 0.3) is 0 Å². The summed E-state index contributed by atoms with van der Waals surface area (Å²) in [5.41, 5.74) is 0. The van der Waals surface area contributed by atoms with E-state index in [2.05, 4.69) is 4.72 Å². The van der Waals surface area contributed by atoms with Crippen molar-refractivity contribution in [1.29, 1.82) is 0 Å². The normalized spacial score (nSPS) is 12.1. The van der Waals surface area contributed by atoms with Crippen LogP contribution in [0, 0.1) is 0 Å². The van der Waals surface area contributed by atoms with Crippen molar-refractivity contribution in [3.8, 4) is 0 Å². The molecule has 1 aromatic rings. The quantitative estimate of drug-likeness (QED) is 0.916. The van der Waals surface area contributed by atoms with Crippen LogP contribution in [-0.2, 0) is 10.0 Å². The zero-order valence-corrected chi connectivity index (χ0v) is 10.6. The van der Waals surface area contributed by atoms with E-state index >= 15 is 0 Å². The summed E-state index contributed by atoms with van der Waals surface area (Å²) < 4.78 is 25.9. The fraction of sp³-hybridized carbons (Fsp3) is 0.333. The van der Waals surface area contributed by atoms with E-state index < -0.39 is 10.0 Å². The molecule has 0 unspecified atom stereocenters. The first kappa shape index (κ1) is 12.8. The average molecular weight is 268 g/mol. The lowest BCUT2D eigenvalue weighted by Crippen LogP contribution is -2.30. The maximum atomic E-state index is 11.7. The minimum absolute atomic E-state index is 0.0438. The molecule has 0 aliphatic carbocycles. The summed E-state index contributed by atoms with van der Waals surface area (Å²) in [7, 11) is -3.55. The predicted octanol–water partition coefficient (Wildman–Crippen LogP) is 2.68. The minimum Gasteiger partial charge on any atom is -0.209 e. The molecule has 0 radical (unpaired) electrons. The molecule has 0 spiro atoms. The molecule has 6 heteroatoms. The zero-order valence-electron chi connectivity index (χ0n) is 8.29. The highest BCUT2D eigenvalue weighted by atomic mass is 35.5. The molecule has 1 N–H and O–H groups in total. The highest BCUT2D eigenvalue weighted by Crippen LogP contribution is 2.24. The van der Waals surface area contributed by atoms with Crippen molar-refractivity contribution in [3.05, 3.63) is 28.2 Å². The van der Waals surface area contributed by atoms with Gasteiger partial charge < -0.3 is 0 Å². The molecule has 3 nitrogen and oxygen atoms in total. The lowest BCUT2D eigenvalue weighted by Gasteiger charge is -2.10. The van der Waals surface area contributed by atoms with E-state index in [0.29, 0.717) is 5.02 Å². The number of rotatable bonds is 3. The van der Waals surface area contributed by atoms with E-state index in [9.17, 15) is 8.42 Å². The first-order valence-corrected chi connectivity index (χ1v) is 6.54. The summed E-state index contributed by atoms with van der Waals surface area (Å²) >= 11 is 11.5. The number of hydrogen-bond acceptors (Lipinski definition) is 2. The molecule has 1 rings (SSSR count). The monoisotopic (exact) mass is 267 g/mol. The molecular weight excluding hydrogens is 257 g/mol. The molecule has 0 fully saturated rings. The Morgan fingerprint density at radius 3 is 2.33 bits per heavy atom. The summed E-state index contributed by atoms with van der Waals surface area (Å²) in [6.45, 7) is 3.47. The molecule has 1 aromatic carbocycles. The number of benzene rings is 1. The average Bonchev–Trinajstić information content (AvgIpc) is 1.99. The van der Waals surface area contributed by atoms with Crippen LogP contribution in [0.1, 0.15) is 13.8 Å². The number of sulfonamides is 1. The van der Waals surface area contributed by atoms with Crippen LogP contribution in [0.15, 0.2) is 23.1 Å². The Bertz CT molecular complexity index is 457. The molecule has 0 aliphatic heterocycles. The lowest BCUT2D eigenvalue weighted by atomic mass is 10.4. The molecule has 0 amide bonds. The van der Waals surface area contributed by atoms with Gasteiger partial charge >= 0.3 is 0 Å². The van der Waals surface area contributed by atoms with Crippen LogP contribution < -0.4 is 4.72 Å². The Balaban J connectivity index is 3.16. The third-order valence-corrected chi connectivity index (χ3v) is 3.95. The highest BCUT2D eigenvalue weighted by Gasteiger charge is 2.18. The Morgan fingerprint density at radius 2 is 1.87 bits per heavy atom. The summed E-state index contributed by atoms with van der Waals surface area (Å²) in [6.07, 6.45) is 0. The largest absolute Gasteiger partial charge is 0.242 e. The van der Waals surface area contributed by atoms with Gasteiger partial charge in [0.1, 0.15) is 4.90 Å². The smallest absolute Gasteiger partial charge is 0.209 e. The summed E-state index contributed by atoms with van der Waals surface area (Å²) in [4.78, 5) is 0.0438. The van der Waals surface area contributed by atoms with E-state index in [0.717, 1.165) is 0 Å². The molecular formula is C9H11Cl2NO2S. The summed E-state index contributed by atoms with van der Waals surface area (Å²) in [5, 5.41) is 0.527. The van der Waals surface area contributed by atoms with Crippen molar-refractivity contribution in [3.63, 3.8) is 0 Å². The Labute approximate surface area is 99.4 Å². The van der Waals surface area contributed by atoms with E-state index in [1.54, 1.807) is 13.8 Å². The van der Waals surface area contributed by atoms with Crippen LogP contribution in [0.2, 0.25) is 10.0 Å². The van der Waals surface area contributed by atoms with Gasteiger partial charge in [-0.15, -0.1) is 0 Å². The number of halogens is 2. The Hall–Kier alpha value is -0.290. The second kappa shape index (κ2) is 4.70. The third kappa shape index (κ3) is 3.34. The maximum Gasteiger partial charge on any atom is 0.242 e. The molecule has 0 bridgehead atoms. The number of nitrogens with one attached hydrogen (secondary N) is 1. The van der Waals surface area contributed by atoms with Crippen molar-refractivity contribution < 1.29 is 8.42 Å². The SMILES string of the molecule is CC(C)NS(=O)(=O)c1ccc(Cl)cc1Cl. The molecule has 0 aliphatic rings. The van der Waals surface area contributed by atoms with Gasteiger partial charge in [-0.1, -0.05) is 23.2 Å². The topological polar surface area (TPSA) is 46.2 Å². The van der Waals surface area contributed by atoms with Crippen molar-refractivity contribution >= 4 is 33.2 Å². The Kier molecular flexibility index (Phi) is 4.00. The van der Waals surface area contributed by atoms with Crippen molar-refractivity contribution in [2.24, 2.45) is 0 Å². The lowest BCUT2D eigenvalue weighted by molar-refractivity contribution is 0.570. The Morgan fingerprint density at radius 1 is 1.27 bits per heavy atom. The van der Waals surface area contributed by atoms with Crippen molar-refractivity contribution in [1.82, 2.24) is 4.72 Å².